The third-order valence-corrected chi connectivity index (χ3v) is 3.27. The number of piperazine rings is 1. The lowest BCUT2D eigenvalue weighted by Crippen LogP contribution is -2.51. The molecule has 0 radical (unpaired) electrons. The first-order valence-electron chi connectivity index (χ1n) is 6.62. The number of nitrogens with one attached hydrogen (secondary N) is 1. The van der Waals surface area contributed by atoms with Crippen LogP contribution in [0.3, 0.4) is 0 Å². The lowest BCUT2D eigenvalue weighted by molar-refractivity contribution is -0.159. The molecule has 21 heavy (non-hydrogen) atoms. The zero-order valence-electron chi connectivity index (χ0n) is 12.4. The number of carboxylic acid groups (broad SMARTS) is 2. The maximum atomic E-state index is 9.10. The van der Waals surface area contributed by atoms with E-state index in [2.05, 4.69) is 22.0 Å². The number of likely N-dealkylation sites (N-methyl/N-ethyl adjacent to an activating group) is 1. The molecule has 0 amide bonds. The molecular formula is C12H23N3O5S. The molecule has 0 bridgehead atoms. The maximum Gasteiger partial charge on any atom is 0.414 e. The lowest BCUT2D eigenvalue weighted by atomic mass is 10.3. The van der Waals surface area contributed by atoms with Gasteiger partial charge in [0.2, 0.25) is 0 Å². The largest absolute Gasteiger partial charge is 0.473 e. The first kappa shape index (κ1) is 19.6. The summed E-state index contributed by atoms with van der Waals surface area (Å²) >= 11 is 5.30. The van der Waals surface area contributed by atoms with Crippen molar-refractivity contribution in [1.82, 2.24) is 15.1 Å². The van der Waals surface area contributed by atoms with E-state index in [-0.39, 0.29) is 0 Å². The first-order valence-corrected chi connectivity index (χ1v) is 7.03. The van der Waals surface area contributed by atoms with E-state index >= 15 is 0 Å². The highest BCUT2D eigenvalue weighted by molar-refractivity contribution is 7.80. The van der Waals surface area contributed by atoms with Crippen molar-refractivity contribution in [2.45, 2.75) is 6.92 Å². The molecular weight excluding hydrogens is 298 g/mol. The number of carbonyl (C=O) groups is 2. The van der Waals surface area contributed by atoms with Gasteiger partial charge in [0, 0.05) is 39.8 Å². The van der Waals surface area contributed by atoms with Gasteiger partial charge in [0.25, 0.3) is 0 Å². The van der Waals surface area contributed by atoms with E-state index in [0.717, 1.165) is 44.4 Å². The van der Waals surface area contributed by atoms with Crippen LogP contribution in [-0.4, -0.2) is 90.0 Å². The Morgan fingerprint density at radius 3 is 2.10 bits per heavy atom. The van der Waals surface area contributed by atoms with Crippen LogP contribution in [0.5, 0.6) is 0 Å². The quantitative estimate of drug-likeness (QED) is 0.352. The molecule has 122 valence electrons. The van der Waals surface area contributed by atoms with Crippen molar-refractivity contribution in [2.24, 2.45) is 0 Å². The molecule has 0 atom stereocenters. The Hall–Kier alpha value is -1.45. The second-order valence-electron chi connectivity index (χ2n) is 4.26. The van der Waals surface area contributed by atoms with Crippen LogP contribution in [0, 0.1) is 0 Å². The number of nitrogens with zero attached hydrogens (tertiary/aromatic N) is 2. The summed E-state index contributed by atoms with van der Waals surface area (Å²) in [4.78, 5) is 22.9. The Balaban J connectivity index is 0.000000567. The smallest absolute Gasteiger partial charge is 0.414 e. The van der Waals surface area contributed by atoms with Gasteiger partial charge in [0.1, 0.15) is 0 Å². The van der Waals surface area contributed by atoms with Gasteiger partial charge in [-0.25, -0.2) is 9.59 Å². The number of hydrogen-bond donors (Lipinski definition) is 3. The van der Waals surface area contributed by atoms with Gasteiger partial charge in [-0.15, -0.1) is 0 Å². The molecule has 8 nitrogen and oxygen atoms in total. The molecule has 1 heterocycles. The summed E-state index contributed by atoms with van der Waals surface area (Å²) in [6.45, 7) is 9.13. The molecule has 0 aromatic rings. The van der Waals surface area contributed by atoms with E-state index in [1.807, 2.05) is 0 Å². The molecule has 0 saturated carbocycles. The molecule has 0 spiro atoms. The molecule has 1 rings (SSSR count). The second-order valence-corrected chi connectivity index (χ2v) is 4.64. The van der Waals surface area contributed by atoms with Crippen LogP contribution in [0.2, 0.25) is 0 Å². The summed E-state index contributed by atoms with van der Waals surface area (Å²) in [6, 6.07) is 0. The number of carboxylic acids is 2. The van der Waals surface area contributed by atoms with Gasteiger partial charge in [0.05, 0.1) is 6.61 Å². The Labute approximate surface area is 129 Å². The second kappa shape index (κ2) is 11.2. The molecule has 0 aromatic carbocycles. The van der Waals surface area contributed by atoms with E-state index < -0.39 is 11.9 Å². The molecule has 1 fully saturated rings. The van der Waals surface area contributed by atoms with Crippen LogP contribution in [0.4, 0.5) is 0 Å². The number of methoxy groups -OCH3 is 1. The summed E-state index contributed by atoms with van der Waals surface area (Å²) in [5.41, 5.74) is 0. The predicted molar refractivity (Wildman–Crippen MR) is 81.4 cm³/mol. The van der Waals surface area contributed by atoms with Crippen molar-refractivity contribution in [3.05, 3.63) is 0 Å². The summed E-state index contributed by atoms with van der Waals surface area (Å²) in [6.07, 6.45) is 0. The zero-order chi connectivity index (χ0) is 16.3. The molecule has 3 N–H and O–H groups in total. The normalized spacial score (nSPS) is 14.9. The van der Waals surface area contributed by atoms with Gasteiger partial charge >= 0.3 is 11.9 Å². The third-order valence-electron chi connectivity index (χ3n) is 2.87. The Morgan fingerprint density at radius 2 is 1.71 bits per heavy atom. The number of aliphatic carboxylic acids is 2. The van der Waals surface area contributed by atoms with Crippen molar-refractivity contribution in [1.29, 1.82) is 0 Å². The lowest BCUT2D eigenvalue weighted by Gasteiger charge is -2.35. The van der Waals surface area contributed by atoms with E-state index in [4.69, 9.17) is 36.8 Å². The van der Waals surface area contributed by atoms with Gasteiger partial charge in [-0.1, -0.05) is 6.92 Å². The monoisotopic (exact) mass is 321 g/mol. The van der Waals surface area contributed by atoms with Gasteiger partial charge in [0.15, 0.2) is 5.11 Å². The van der Waals surface area contributed by atoms with Crippen LogP contribution in [0.25, 0.3) is 0 Å². The third kappa shape index (κ3) is 9.16. The number of ether oxygens (including phenoxy) is 1. The highest BCUT2D eigenvalue weighted by Gasteiger charge is 2.16. The average Bonchev–Trinajstić information content (AvgIpc) is 2.48. The van der Waals surface area contributed by atoms with E-state index in [9.17, 15) is 0 Å². The fourth-order valence-corrected chi connectivity index (χ4v) is 1.92. The van der Waals surface area contributed by atoms with Crippen molar-refractivity contribution in [3.63, 3.8) is 0 Å². The molecule has 1 saturated heterocycles. The summed E-state index contributed by atoms with van der Waals surface area (Å²) in [7, 11) is 1.70. The van der Waals surface area contributed by atoms with E-state index in [1.54, 1.807) is 7.11 Å². The molecule has 1 aliphatic heterocycles. The van der Waals surface area contributed by atoms with Gasteiger partial charge in [-0.2, -0.15) is 0 Å². The highest BCUT2D eigenvalue weighted by atomic mass is 32.1. The van der Waals surface area contributed by atoms with Crippen LogP contribution in [-0.2, 0) is 14.3 Å². The fourth-order valence-electron chi connectivity index (χ4n) is 1.64. The van der Waals surface area contributed by atoms with Crippen molar-refractivity contribution in [2.75, 3.05) is 53.0 Å². The van der Waals surface area contributed by atoms with E-state index in [0.29, 0.717) is 6.61 Å². The molecule has 1 aliphatic rings. The summed E-state index contributed by atoms with van der Waals surface area (Å²) < 4.78 is 4.97. The Morgan fingerprint density at radius 1 is 1.19 bits per heavy atom. The molecule has 0 aromatic heterocycles. The predicted octanol–water partition coefficient (Wildman–Crippen LogP) is -0.700. The molecule has 0 unspecified atom stereocenters. The van der Waals surface area contributed by atoms with Crippen LogP contribution < -0.4 is 5.32 Å². The SMILES string of the molecule is CCN1CCN(C(=S)NCCOC)CC1.O=C(O)C(=O)O. The zero-order valence-corrected chi connectivity index (χ0v) is 13.2. The minimum absolute atomic E-state index is 0.703. The van der Waals surface area contributed by atoms with Crippen molar-refractivity contribution < 1.29 is 24.5 Å². The Bertz CT molecular complexity index is 334. The van der Waals surface area contributed by atoms with E-state index in [1.165, 1.54) is 0 Å². The molecule has 0 aliphatic carbocycles. The summed E-state index contributed by atoms with van der Waals surface area (Å²) in [5, 5.41) is 18.8. The number of rotatable bonds is 4. The van der Waals surface area contributed by atoms with Crippen LogP contribution in [0.15, 0.2) is 0 Å². The first-order chi connectivity index (χ1) is 9.92. The number of hydrogen-bond acceptors (Lipinski definition) is 5. The van der Waals surface area contributed by atoms with Gasteiger partial charge in [-0.05, 0) is 18.8 Å². The maximum absolute atomic E-state index is 9.10. The highest BCUT2D eigenvalue weighted by Crippen LogP contribution is 2.01. The molecule has 9 heteroatoms. The fraction of sp³-hybridized carbons (Fsp3) is 0.750. The average molecular weight is 321 g/mol. The minimum Gasteiger partial charge on any atom is -0.473 e. The van der Waals surface area contributed by atoms with Crippen LogP contribution in [0.1, 0.15) is 6.92 Å². The Kier molecular flexibility index (Phi) is 10.5. The minimum atomic E-state index is -1.82. The van der Waals surface area contributed by atoms with Gasteiger partial charge in [-0.3, -0.25) is 0 Å². The summed E-state index contributed by atoms with van der Waals surface area (Å²) in [5.74, 6) is -3.65. The number of thiocarbonyl (C=S) groups is 1. The topological polar surface area (TPSA) is 102 Å². The van der Waals surface area contributed by atoms with Crippen LogP contribution >= 0.6 is 12.2 Å². The van der Waals surface area contributed by atoms with Crippen molar-refractivity contribution >= 4 is 29.3 Å². The van der Waals surface area contributed by atoms with Crippen molar-refractivity contribution in [3.8, 4) is 0 Å². The standard InChI is InChI=1S/C10H21N3OS.C2H2O4/c1-3-12-5-7-13(8-6-12)10(15)11-4-9-14-2;3-1(4)2(5)6/h3-9H2,1-2H3,(H,11,15);(H,3,4)(H,5,6). The van der Waals surface area contributed by atoms with Gasteiger partial charge < -0.3 is 30.1 Å².